The van der Waals surface area contributed by atoms with Gasteiger partial charge in [0.2, 0.25) is 18.2 Å². The van der Waals surface area contributed by atoms with Crippen LogP contribution in [0.15, 0.2) is 52.9 Å². The second-order valence-electron chi connectivity index (χ2n) is 4.80. The van der Waals surface area contributed by atoms with Crippen LogP contribution in [0, 0.1) is 0 Å². The zero-order valence-electron chi connectivity index (χ0n) is 11.6. The van der Waals surface area contributed by atoms with Crippen molar-refractivity contribution < 1.29 is 19.4 Å². The molecule has 0 radical (unpaired) electrons. The van der Waals surface area contributed by atoms with Crippen LogP contribution in [0.2, 0.25) is 0 Å². The number of aromatic nitrogens is 1. The van der Waals surface area contributed by atoms with E-state index < -0.39 is 12.3 Å². The van der Waals surface area contributed by atoms with Crippen LogP contribution in [-0.2, 0) is 11.2 Å². The molecule has 0 bridgehead atoms. The Labute approximate surface area is 126 Å². The molecule has 6 heteroatoms. The van der Waals surface area contributed by atoms with Crippen LogP contribution in [0.5, 0.6) is 0 Å². The molecule has 0 unspecified atom stereocenters. The van der Waals surface area contributed by atoms with E-state index >= 15 is 0 Å². The Morgan fingerprint density at radius 1 is 1.14 bits per heavy atom. The number of aliphatic hydroxyl groups is 2. The summed E-state index contributed by atoms with van der Waals surface area (Å²) < 4.78 is 5.67. The molecule has 1 heterocycles. The second-order valence-corrected chi connectivity index (χ2v) is 4.80. The largest absolute Gasteiger partial charge is 0.436 e. The molecule has 0 spiro atoms. The maximum Gasteiger partial charge on any atom is 0.235 e. The van der Waals surface area contributed by atoms with Crippen LogP contribution in [0.25, 0.3) is 22.6 Å². The van der Waals surface area contributed by atoms with Crippen molar-refractivity contribution in [3.05, 3.63) is 54.1 Å². The highest BCUT2D eigenvalue weighted by Gasteiger charge is 2.09. The summed E-state index contributed by atoms with van der Waals surface area (Å²) in [6.45, 7) is 0. The molecular formula is C16H14N2O4. The van der Waals surface area contributed by atoms with Crippen molar-refractivity contribution in [2.45, 2.75) is 12.8 Å². The molecule has 3 aromatic rings. The van der Waals surface area contributed by atoms with Gasteiger partial charge in [-0.05, 0) is 29.8 Å². The van der Waals surface area contributed by atoms with Crippen molar-refractivity contribution in [2.24, 2.45) is 0 Å². The number of nitrogens with zero attached hydrogens (tertiary/aromatic N) is 1. The molecular weight excluding hydrogens is 284 g/mol. The van der Waals surface area contributed by atoms with Gasteiger partial charge in [-0.25, -0.2) is 4.98 Å². The number of carbonyl (C=O) groups excluding carboxylic acids is 1. The zero-order valence-corrected chi connectivity index (χ0v) is 11.6. The third kappa shape index (κ3) is 3.13. The summed E-state index contributed by atoms with van der Waals surface area (Å²) in [6, 6.07) is 14.7. The van der Waals surface area contributed by atoms with E-state index in [2.05, 4.69) is 4.98 Å². The van der Waals surface area contributed by atoms with E-state index in [0.29, 0.717) is 5.89 Å². The number of hydrogen-bond acceptors (Lipinski definition) is 5. The minimum atomic E-state index is -1.84. The van der Waals surface area contributed by atoms with Gasteiger partial charge in [0.25, 0.3) is 0 Å². The molecule has 22 heavy (non-hydrogen) atoms. The lowest BCUT2D eigenvalue weighted by atomic mass is 10.1. The molecule has 0 aliphatic heterocycles. The average Bonchev–Trinajstić information content (AvgIpc) is 2.91. The number of benzene rings is 2. The number of rotatable bonds is 4. The first-order chi connectivity index (χ1) is 10.6. The number of hydrogen-bond donors (Lipinski definition) is 3. The number of aliphatic hydroxyl groups excluding tert-OH is 1. The van der Waals surface area contributed by atoms with Gasteiger partial charge in [0.05, 0.1) is 6.42 Å². The minimum Gasteiger partial charge on any atom is -0.436 e. The minimum absolute atomic E-state index is 0.0610. The fourth-order valence-electron chi connectivity index (χ4n) is 2.14. The van der Waals surface area contributed by atoms with Crippen molar-refractivity contribution in [2.75, 3.05) is 0 Å². The smallest absolute Gasteiger partial charge is 0.235 e. The van der Waals surface area contributed by atoms with Crippen LogP contribution >= 0.6 is 0 Å². The first-order valence-corrected chi connectivity index (χ1v) is 6.72. The van der Waals surface area contributed by atoms with Gasteiger partial charge in [-0.2, -0.15) is 0 Å². The summed E-state index contributed by atoms with van der Waals surface area (Å²) in [5.74, 6) is 0.0487. The average molecular weight is 298 g/mol. The Morgan fingerprint density at radius 3 is 2.55 bits per heavy atom. The molecule has 0 aliphatic carbocycles. The van der Waals surface area contributed by atoms with E-state index in [4.69, 9.17) is 14.6 Å². The highest BCUT2D eigenvalue weighted by molar-refractivity contribution is 5.79. The third-order valence-electron chi connectivity index (χ3n) is 3.15. The lowest BCUT2D eigenvalue weighted by Crippen LogP contribution is -2.35. The van der Waals surface area contributed by atoms with Gasteiger partial charge in [-0.3, -0.25) is 4.79 Å². The Bertz CT molecular complexity index is 760. The molecule has 0 atom stereocenters. The van der Waals surface area contributed by atoms with Crippen molar-refractivity contribution in [3.8, 4) is 11.5 Å². The molecule has 3 rings (SSSR count). The molecule has 0 aliphatic rings. The number of oxazole rings is 1. The van der Waals surface area contributed by atoms with Crippen LogP contribution < -0.4 is 5.32 Å². The maximum absolute atomic E-state index is 11.4. The van der Waals surface area contributed by atoms with E-state index in [9.17, 15) is 4.79 Å². The Balaban J connectivity index is 1.77. The fourth-order valence-corrected chi connectivity index (χ4v) is 2.14. The molecule has 1 aromatic heterocycles. The topological polar surface area (TPSA) is 95.6 Å². The van der Waals surface area contributed by atoms with Gasteiger partial charge >= 0.3 is 0 Å². The number of fused-ring (bicyclic) bond motifs is 1. The summed E-state index contributed by atoms with van der Waals surface area (Å²) >= 11 is 0. The monoisotopic (exact) mass is 298 g/mol. The van der Waals surface area contributed by atoms with Crippen LogP contribution in [0.1, 0.15) is 5.56 Å². The lowest BCUT2D eigenvalue weighted by Gasteiger charge is -2.06. The van der Waals surface area contributed by atoms with E-state index in [1.165, 1.54) is 0 Å². The van der Waals surface area contributed by atoms with Crippen LogP contribution in [0.4, 0.5) is 0 Å². The van der Waals surface area contributed by atoms with Gasteiger partial charge in [0, 0.05) is 5.56 Å². The Hall–Kier alpha value is -2.70. The van der Waals surface area contributed by atoms with Gasteiger partial charge in [-0.1, -0.05) is 24.3 Å². The summed E-state index contributed by atoms with van der Waals surface area (Å²) in [7, 11) is 0. The second kappa shape index (κ2) is 5.97. The van der Waals surface area contributed by atoms with E-state index in [1.54, 1.807) is 12.1 Å². The van der Waals surface area contributed by atoms with Gasteiger partial charge in [-0.15, -0.1) is 0 Å². The van der Waals surface area contributed by atoms with Gasteiger partial charge in [0.1, 0.15) is 5.52 Å². The molecule has 112 valence electrons. The maximum atomic E-state index is 11.4. The third-order valence-corrected chi connectivity index (χ3v) is 3.15. The molecule has 2 aromatic carbocycles. The molecule has 3 N–H and O–H groups in total. The van der Waals surface area contributed by atoms with E-state index in [-0.39, 0.29) is 6.42 Å². The van der Waals surface area contributed by atoms with Crippen molar-refractivity contribution in [1.29, 1.82) is 0 Å². The molecule has 1 amide bonds. The summed E-state index contributed by atoms with van der Waals surface area (Å²) in [5, 5.41) is 19.3. The highest BCUT2D eigenvalue weighted by Crippen LogP contribution is 2.24. The lowest BCUT2D eigenvalue weighted by molar-refractivity contribution is -0.133. The van der Waals surface area contributed by atoms with E-state index in [0.717, 1.165) is 22.2 Å². The fraction of sp³-hybridized carbons (Fsp3) is 0.125. The van der Waals surface area contributed by atoms with Crippen LogP contribution in [0.3, 0.4) is 0 Å². The number of amides is 1. The molecule has 0 saturated carbocycles. The quantitative estimate of drug-likeness (QED) is 0.633. The molecule has 0 fully saturated rings. The molecule has 0 saturated heterocycles. The van der Waals surface area contributed by atoms with Gasteiger partial charge in [0.15, 0.2) is 5.58 Å². The zero-order chi connectivity index (χ0) is 15.5. The highest BCUT2D eigenvalue weighted by atomic mass is 16.5. The molecule has 6 nitrogen and oxygen atoms in total. The first kappa shape index (κ1) is 14.2. The van der Waals surface area contributed by atoms with Crippen LogP contribution in [-0.4, -0.2) is 27.5 Å². The number of nitrogens with one attached hydrogen (secondary N) is 1. The normalized spacial score (nSPS) is 11.0. The Morgan fingerprint density at radius 2 is 1.86 bits per heavy atom. The summed E-state index contributed by atoms with van der Waals surface area (Å²) in [5.41, 5.74) is 3.07. The predicted octanol–water partition coefficient (Wildman–Crippen LogP) is 1.42. The van der Waals surface area contributed by atoms with Gasteiger partial charge < -0.3 is 19.9 Å². The van der Waals surface area contributed by atoms with Crippen molar-refractivity contribution >= 4 is 17.0 Å². The predicted molar refractivity (Wildman–Crippen MR) is 79.5 cm³/mol. The van der Waals surface area contributed by atoms with E-state index in [1.807, 2.05) is 41.7 Å². The summed E-state index contributed by atoms with van der Waals surface area (Å²) in [6.07, 6.45) is -1.78. The van der Waals surface area contributed by atoms with Crippen molar-refractivity contribution in [3.63, 3.8) is 0 Å². The first-order valence-electron chi connectivity index (χ1n) is 6.72. The number of carbonyl (C=O) groups is 1. The standard InChI is InChI=1S/C16H14N2O4/c19-14(18-16(20)21)9-10-5-7-11(8-6-10)15-17-12-3-1-2-4-13(12)22-15/h1-8,16,20-21H,9H2,(H,18,19). The SMILES string of the molecule is O=C(Cc1ccc(-c2nc3ccccc3o2)cc1)NC(O)O. The number of para-hydroxylation sites is 2. The van der Waals surface area contributed by atoms with Crippen molar-refractivity contribution in [1.82, 2.24) is 10.3 Å². The Kier molecular flexibility index (Phi) is 3.86. The summed E-state index contributed by atoms with van der Waals surface area (Å²) in [4.78, 5) is 15.8.